The molecule has 2 aromatic rings. The number of piperazine rings is 1. The smallest absolute Gasteiger partial charge is 0.411 e. The number of pyridine rings is 1. The van der Waals surface area contributed by atoms with Crippen molar-refractivity contribution in [3.63, 3.8) is 0 Å². The van der Waals surface area contributed by atoms with Crippen LogP contribution in [-0.4, -0.2) is 63.2 Å². The van der Waals surface area contributed by atoms with Crippen molar-refractivity contribution in [2.75, 3.05) is 19.6 Å². The Morgan fingerprint density at radius 2 is 1.85 bits per heavy atom. The van der Waals surface area contributed by atoms with E-state index in [2.05, 4.69) is 42.8 Å². The van der Waals surface area contributed by atoms with Crippen molar-refractivity contribution in [2.24, 2.45) is 0 Å². The van der Waals surface area contributed by atoms with Crippen LogP contribution in [-0.2, 0) is 22.4 Å². The average Bonchev–Trinajstić information content (AvgIpc) is 2.89. The SMILES string of the molecule is CC(C)(C)OC(=O)N1CCN([C@H]2c3ncc(Br)cc3CCc3cc(Cl)cc(Br)c32)CC1C(=O)O. The molecule has 1 saturated heterocycles. The molecule has 1 fully saturated rings. The molecule has 2 atom stereocenters. The summed E-state index contributed by atoms with van der Waals surface area (Å²) < 4.78 is 7.24. The summed E-state index contributed by atoms with van der Waals surface area (Å²) in [4.78, 5) is 33.2. The quantitative estimate of drug-likeness (QED) is 0.484. The van der Waals surface area contributed by atoms with E-state index in [4.69, 9.17) is 21.3 Å². The normalized spacial score (nSPS) is 20.8. The lowest BCUT2D eigenvalue weighted by molar-refractivity contribution is -0.146. The molecule has 1 aromatic heterocycles. The van der Waals surface area contributed by atoms with E-state index >= 15 is 0 Å². The Morgan fingerprint density at radius 3 is 2.53 bits per heavy atom. The van der Waals surface area contributed by atoms with Gasteiger partial charge in [-0.15, -0.1) is 0 Å². The standard InChI is InChI=1S/C24H26Br2ClN3O4/c1-24(2,3)34-23(33)30-7-6-29(12-18(30)22(31)32)21-19-13(9-16(27)10-17(19)26)4-5-14-8-15(25)11-28-20(14)21/h8-11,18,21H,4-7,12H2,1-3H3,(H,31,32)/t18?,21-/m1/s1. The van der Waals surface area contributed by atoms with Gasteiger partial charge in [0.2, 0.25) is 0 Å². The molecule has 0 spiro atoms. The maximum Gasteiger partial charge on any atom is 0.411 e. The van der Waals surface area contributed by atoms with Crippen molar-refractivity contribution in [2.45, 2.75) is 51.3 Å². The maximum atomic E-state index is 12.8. The minimum absolute atomic E-state index is 0.144. The number of nitrogens with zero attached hydrogens (tertiary/aromatic N) is 3. The number of rotatable bonds is 2. The molecular formula is C24H26Br2ClN3O4. The summed E-state index contributed by atoms with van der Waals surface area (Å²) in [6, 6.07) is 4.59. The van der Waals surface area contributed by atoms with Crippen LogP contribution in [0.2, 0.25) is 5.02 Å². The highest BCUT2D eigenvalue weighted by molar-refractivity contribution is 9.10. The van der Waals surface area contributed by atoms with Gasteiger partial charge in [0.25, 0.3) is 0 Å². The molecule has 1 unspecified atom stereocenters. The number of aryl methyl sites for hydroxylation is 2. The minimum atomic E-state index is -1.07. The van der Waals surface area contributed by atoms with Gasteiger partial charge in [-0.2, -0.15) is 0 Å². The Morgan fingerprint density at radius 1 is 1.15 bits per heavy atom. The first-order valence-corrected chi connectivity index (χ1v) is 13.0. The van der Waals surface area contributed by atoms with Gasteiger partial charge in [-0.1, -0.05) is 27.5 Å². The number of halogens is 3. The van der Waals surface area contributed by atoms with Gasteiger partial charge in [-0.3, -0.25) is 14.8 Å². The molecule has 0 radical (unpaired) electrons. The van der Waals surface area contributed by atoms with E-state index in [1.807, 2.05) is 12.1 Å². The van der Waals surface area contributed by atoms with E-state index < -0.39 is 23.7 Å². The lowest BCUT2D eigenvalue weighted by Gasteiger charge is -2.43. The third-order valence-corrected chi connectivity index (χ3v) is 7.34. The Kier molecular flexibility index (Phi) is 7.29. The number of carboxylic acid groups (broad SMARTS) is 1. The molecule has 1 N–H and O–H groups in total. The molecule has 0 saturated carbocycles. The van der Waals surface area contributed by atoms with Crippen molar-refractivity contribution in [3.8, 4) is 0 Å². The summed E-state index contributed by atoms with van der Waals surface area (Å²) in [5.41, 5.74) is 3.41. The number of carbonyl (C=O) groups is 2. The van der Waals surface area contributed by atoms with Crippen molar-refractivity contribution in [3.05, 3.63) is 60.7 Å². The average molecular weight is 616 g/mol. The highest BCUT2D eigenvalue weighted by Gasteiger charge is 2.42. The third-order valence-electron chi connectivity index (χ3n) is 6.03. The van der Waals surface area contributed by atoms with Gasteiger partial charge in [-0.25, -0.2) is 9.59 Å². The van der Waals surface area contributed by atoms with E-state index in [9.17, 15) is 14.7 Å². The minimum Gasteiger partial charge on any atom is -0.480 e. The van der Waals surface area contributed by atoms with Crippen LogP contribution < -0.4 is 0 Å². The molecule has 1 amide bonds. The molecule has 0 bridgehead atoms. The Bertz CT molecular complexity index is 1140. The zero-order valence-electron chi connectivity index (χ0n) is 19.1. The van der Waals surface area contributed by atoms with Crippen LogP contribution >= 0.6 is 43.5 Å². The highest BCUT2D eigenvalue weighted by Crippen LogP contribution is 2.42. The fraction of sp³-hybridized carbons (Fsp3) is 0.458. The lowest BCUT2D eigenvalue weighted by atomic mass is 9.95. The molecule has 34 heavy (non-hydrogen) atoms. The van der Waals surface area contributed by atoms with Gasteiger partial charge in [-0.05, 0) is 84.4 Å². The van der Waals surface area contributed by atoms with E-state index in [-0.39, 0.29) is 19.1 Å². The first kappa shape index (κ1) is 25.4. The summed E-state index contributed by atoms with van der Waals surface area (Å²) >= 11 is 13.6. The molecule has 4 rings (SSSR count). The Hall–Kier alpha value is -1.68. The number of aliphatic carboxylic acids is 1. The topological polar surface area (TPSA) is 83.0 Å². The number of carbonyl (C=O) groups excluding carboxylic acids is 1. The first-order valence-electron chi connectivity index (χ1n) is 11.0. The van der Waals surface area contributed by atoms with Gasteiger partial charge >= 0.3 is 12.1 Å². The summed E-state index contributed by atoms with van der Waals surface area (Å²) in [6.45, 7) is 6.15. The van der Waals surface area contributed by atoms with Crippen LogP contribution in [0.25, 0.3) is 0 Å². The van der Waals surface area contributed by atoms with Crippen LogP contribution in [0.5, 0.6) is 0 Å². The molecule has 182 valence electrons. The predicted molar refractivity (Wildman–Crippen MR) is 136 cm³/mol. The molecule has 1 aliphatic heterocycles. The van der Waals surface area contributed by atoms with Crippen LogP contribution in [0.3, 0.4) is 0 Å². The van der Waals surface area contributed by atoms with E-state index in [0.29, 0.717) is 11.6 Å². The molecule has 7 nitrogen and oxygen atoms in total. The second-order valence-electron chi connectivity index (χ2n) is 9.58. The number of ether oxygens (including phenoxy) is 1. The lowest BCUT2D eigenvalue weighted by Crippen LogP contribution is -2.59. The number of hydrogen-bond acceptors (Lipinski definition) is 5. The van der Waals surface area contributed by atoms with E-state index in [0.717, 1.165) is 44.2 Å². The number of fused-ring (bicyclic) bond motifs is 2. The number of benzene rings is 1. The number of hydrogen-bond donors (Lipinski definition) is 1. The molecule has 2 heterocycles. The molecule has 2 aliphatic rings. The van der Waals surface area contributed by atoms with Crippen molar-refractivity contribution < 1.29 is 19.4 Å². The zero-order chi connectivity index (χ0) is 24.8. The molecule has 1 aromatic carbocycles. The van der Waals surface area contributed by atoms with Crippen molar-refractivity contribution >= 4 is 55.5 Å². The van der Waals surface area contributed by atoms with Crippen molar-refractivity contribution in [1.29, 1.82) is 0 Å². The molecule has 10 heteroatoms. The number of aromatic nitrogens is 1. The summed E-state index contributed by atoms with van der Waals surface area (Å²) in [6.07, 6.45) is 2.73. The van der Waals surface area contributed by atoms with Crippen LogP contribution in [0, 0.1) is 0 Å². The number of carboxylic acids is 1. The Balaban J connectivity index is 1.75. The van der Waals surface area contributed by atoms with Gasteiger partial charge in [0.05, 0.1) is 11.7 Å². The van der Waals surface area contributed by atoms with Gasteiger partial charge < -0.3 is 9.84 Å². The largest absolute Gasteiger partial charge is 0.480 e. The summed E-state index contributed by atoms with van der Waals surface area (Å²) in [7, 11) is 0. The third kappa shape index (κ3) is 5.27. The van der Waals surface area contributed by atoms with Crippen LogP contribution in [0.4, 0.5) is 4.79 Å². The van der Waals surface area contributed by atoms with Crippen LogP contribution in [0.15, 0.2) is 33.3 Å². The molecular weight excluding hydrogens is 590 g/mol. The first-order chi connectivity index (χ1) is 15.9. The highest BCUT2D eigenvalue weighted by atomic mass is 79.9. The van der Waals surface area contributed by atoms with Crippen LogP contribution in [0.1, 0.15) is 49.2 Å². The second-order valence-corrected chi connectivity index (χ2v) is 11.8. The van der Waals surface area contributed by atoms with Gasteiger partial charge in [0.1, 0.15) is 11.6 Å². The molecule has 1 aliphatic carbocycles. The van der Waals surface area contributed by atoms with Gasteiger partial charge in [0, 0.05) is 39.8 Å². The Labute approximate surface area is 220 Å². The predicted octanol–water partition coefficient (Wildman–Crippen LogP) is 5.45. The van der Waals surface area contributed by atoms with E-state index in [1.54, 1.807) is 27.0 Å². The second kappa shape index (κ2) is 9.76. The maximum absolute atomic E-state index is 12.8. The fourth-order valence-corrected chi connectivity index (χ4v) is 6.11. The summed E-state index contributed by atoms with van der Waals surface area (Å²) in [5.74, 6) is -1.07. The van der Waals surface area contributed by atoms with Gasteiger partial charge in [0.15, 0.2) is 0 Å². The fourth-order valence-electron chi connectivity index (χ4n) is 4.64. The monoisotopic (exact) mass is 613 g/mol. The summed E-state index contributed by atoms with van der Waals surface area (Å²) in [5, 5.41) is 10.7. The zero-order valence-corrected chi connectivity index (χ0v) is 23.1. The number of amides is 1. The van der Waals surface area contributed by atoms with E-state index in [1.165, 1.54) is 4.90 Å². The van der Waals surface area contributed by atoms with Crippen molar-refractivity contribution in [1.82, 2.24) is 14.8 Å².